The second-order valence-corrected chi connectivity index (χ2v) is 14.1. The van der Waals surface area contributed by atoms with Gasteiger partial charge in [-0.05, 0) is 37.1 Å². The molecular weight excluding hydrogens is 689 g/mol. The van der Waals surface area contributed by atoms with Crippen molar-refractivity contribution in [3.8, 4) is 0 Å². The summed E-state index contributed by atoms with van der Waals surface area (Å²) in [4.78, 5) is 65.6. The maximum absolute atomic E-state index is 13.5. The van der Waals surface area contributed by atoms with Crippen molar-refractivity contribution in [3.63, 3.8) is 0 Å². The molecule has 2 atom stereocenters. The number of carbonyl (C=O) groups is 4. The number of carbonyl (C=O) groups excluding carboxylic acids is 2. The number of anilines is 1. The summed E-state index contributed by atoms with van der Waals surface area (Å²) in [5, 5.41) is 24.5. The fourth-order valence-electron chi connectivity index (χ4n) is 5.59. The van der Waals surface area contributed by atoms with Crippen molar-refractivity contribution >= 4 is 74.9 Å². The van der Waals surface area contributed by atoms with E-state index < -0.39 is 40.5 Å². The van der Waals surface area contributed by atoms with Crippen molar-refractivity contribution in [2.24, 2.45) is 27.5 Å². The monoisotopic (exact) mass is 721 g/mol. The van der Waals surface area contributed by atoms with Crippen LogP contribution in [-0.4, -0.2) is 81.3 Å². The zero-order valence-corrected chi connectivity index (χ0v) is 28.4. The van der Waals surface area contributed by atoms with E-state index in [0.717, 1.165) is 22.5 Å². The minimum absolute atomic E-state index is 0.0203. The van der Waals surface area contributed by atoms with Gasteiger partial charge in [-0.1, -0.05) is 17.3 Å². The average Bonchev–Trinajstić information content (AvgIpc) is 3.78. The molecule has 0 saturated carbocycles. The number of amides is 1. The topological polar surface area (TPSA) is 250 Å². The second kappa shape index (κ2) is 13.3. The molecule has 6 rings (SSSR count). The highest BCUT2D eigenvalue weighted by Gasteiger charge is 2.54. The Balaban J connectivity index is 1.18. The number of fused-ring (bicyclic) bond motifs is 2. The van der Waals surface area contributed by atoms with Gasteiger partial charge >= 0.3 is 17.6 Å². The van der Waals surface area contributed by atoms with Gasteiger partial charge in [-0.2, -0.15) is 0 Å². The number of rotatable bonds is 13. The number of nitrogens with zero attached hydrogens (tertiary/aromatic N) is 7. The summed E-state index contributed by atoms with van der Waals surface area (Å²) in [6.07, 6.45) is 5.31. The number of ketones is 1. The normalized spacial score (nSPS) is 17.8. The number of benzene rings is 1. The maximum atomic E-state index is 13.5. The molecule has 19 heteroatoms. The Hall–Kier alpha value is -5.69. The molecule has 1 amide bonds. The van der Waals surface area contributed by atoms with E-state index in [1.807, 2.05) is 62.7 Å². The summed E-state index contributed by atoms with van der Waals surface area (Å²) in [6, 6.07) is 9.41. The smallest absolute Gasteiger partial charge is 0.352 e. The maximum Gasteiger partial charge on any atom is 0.352 e. The van der Waals surface area contributed by atoms with Crippen molar-refractivity contribution in [1.82, 2.24) is 19.1 Å². The minimum Gasteiger partial charge on any atom is -0.478 e. The van der Waals surface area contributed by atoms with Crippen LogP contribution in [-0.2, 0) is 37.1 Å². The molecular formula is C31H33N10O7S2+. The van der Waals surface area contributed by atoms with Crippen molar-refractivity contribution in [2.45, 2.75) is 44.3 Å². The molecule has 0 spiro atoms. The van der Waals surface area contributed by atoms with Gasteiger partial charge in [-0.25, -0.2) is 28.8 Å². The Labute approximate surface area is 292 Å². The molecule has 1 aromatic carbocycles. The minimum atomic E-state index is -1.75. The number of thiazole rings is 1. The Kier molecular flexibility index (Phi) is 9.10. The van der Waals surface area contributed by atoms with Gasteiger partial charge in [0.1, 0.15) is 24.1 Å². The SMILES string of the molecule is CC(C)(O/N=C(\C(=O)C[C@@H]1C(=O)N2C(C(=O)O)=C(Cn3ccc4n3cc[n+]4Cc3ccc(N=C(N)N)cc3)CS[C@H]12)c1csc(N)n1)C(=O)O. The number of carboxylic acid groups (broad SMARTS) is 2. The van der Waals surface area contributed by atoms with Gasteiger partial charge in [-0.3, -0.25) is 14.5 Å². The van der Waals surface area contributed by atoms with E-state index in [0.29, 0.717) is 23.6 Å². The number of hydrogen-bond acceptors (Lipinski definition) is 11. The quantitative estimate of drug-likeness (QED) is 0.0429. The lowest BCUT2D eigenvalue weighted by Crippen LogP contribution is -2.62. The number of aliphatic carboxylic acids is 2. The molecule has 0 aliphatic carbocycles. The number of aliphatic imine (C=N–C) groups is 1. The Morgan fingerprint density at radius 1 is 1.14 bits per heavy atom. The van der Waals surface area contributed by atoms with E-state index in [1.165, 1.54) is 35.9 Å². The lowest BCUT2D eigenvalue weighted by Gasteiger charge is -2.49. The highest BCUT2D eigenvalue weighted by Crippen LogP contribution is 2.45. The number of nitrogens with two attached hydrogens (primary N) is 3. The number of Topliss-reactive ketones (excluding diaryl/α,β-unsaturated/α-hetero) is 1. The van der Waals surface area contributed by atoms with Crippen LogP contribution >= 0.6 is 23.1 Å². The molecule has 2 aliphatic rings. The fourth-order valence-corrected chi connectivity index (χ4v) is 7.54. The van der Waals surface area contributed by atoms with E-state index >= 15 is 0 Å². The third-order valence-corrected chi connectivity index (χ3v) is 10.2. The molecule has 2 aliphatic heterocycles. The molecule has 8 N–H and O–H groups in total. The molecule has 260 valence electrons. The number of oxime groups is 1. The summed E-state index contributed by atoms with van der Waals surface area (Å²) >= 11 is 2.42. The first kappa shape index (κ1) is 34.2. The van der Waals surface area contributed by atoms with Gasteiger partial charge in [0.25, 0.3) is 0 Å². The molecule has 0 bridgehead atoms. The van der Waals surface area contributed by atoms with Crippen LogP contribution in [0.2, 0.25) is 0 Å². The predicted octanol–water partition coefficient (Wildman–Crippen LogP) is 1.13. The van der Waals surface area contributed by atoms with Crippen LogP contribution in [0.5, 0.6) is 0 Å². The number of aromatic nitrogens is 4. The van der Waals surface area contributed by atoms with Gasteiger partial charge < -0.3 is 32.3 Å². The van der Waals surface area contributed by atoms with E-state index in [9.17, 15) is 29.4 Å². The first-order chi connectivity index (χ1) is 23.7. The van der Waals surface area contributed by atoms with Crippen molar-refractivity contribution in [3.05, 3.63) is 76.8 Å². The first-order valence-corrected chi connectivity index (χ1v) is 17.0. The van der Waals surface area contributed by atoms with Crippen LogP contribution < -0.4 is 21.8 Å². The van der Waals surface area contributed by atoms with E-state index in [2.05, 4.69) is 15.1 Å². The summed E-state index contributed by atoms with van der Waals surface area (Å²) in [6.45, 7) is 3.31. The number of guanidine groups is 1. The standard InChI is InChI=1S/C31H32N10O7S2/c1-31(2,28(46)47)48-37-23(20-15-50-30(34)36-20)21(42)11-19-25(43)41-24(27(44)45)17(14-49-26(19)41)13-39-8-7-22-38(9-10-40(22)39)12-16-3-5-18(6-4-16)35-29(32)33/h3-10,15,19,26H,11-14H2,1-2H3,(H7-,32,33,34,35,36,44,45,46,47)/p+1/b37-23-/t19-,26-/m1/s1. The predicted molar refractivity (Wildman–Crippen MR) is 183 cm³/mol. The van der Waals surface area contributed by atoms with Crippen molar-refractivity contribution in [2.75, 3.05) is 11.5 Å². The number of nitrogen functional groups attached to an aromatic ring is 1. The molecule has 0 unspecified atom stereocenters. The Morgan fingerprint density at radius 3 is 2.52 bits per heavy atom. The Bertz CT molecular complexity index is 2110. The summed E-state index contributed by atoms with van der Waals surface area (Å²) in [5.41, 5.74) is 17.7. The number of β-lactam (4-membered cyclic amide) rings is 1. The zero-order chi connectivity index (χ0) is 35.9. The van der Waals surface area contributed by atoms with Gasteiger partial charge in [-0.15, -0.1) is 27.6 Å². The number of thioether (sulfide) groups is 1. The van der Waals surface area contributed by atoms with Gasteiger partial charge in [0.15, 0.2) is 28.8 Å². The number of hydrogen-bond donors (Lipinski definition) is 5. The lowest BCUT2D eigenvalue weighted by atomic mass is 9.89. The van der Waals surface area contributed by atoms with Gasteiger partial charge in [0.2, 0.25) is 11.5 Å². The van der Waals surface area contributed by atoms with Crippen LogP contribution in [0.15, 0.2) is 75.7 Å². The van der Waals surface area contributed by atoms with E-state index in [4.69, 9.17) is 22.0 Å². The van der Waals surface area contributed by atoms with Crippen molar-refractivity contribution in [1.29, 1.82) is 0 Å². The largest absolute Gasteiger partial charge is 0.478 e. The summed E-state index contributed by atoms with van der Waals surface area (Å²) < 4.78 is 5.80. The highest BCUT2D eigenvalue weighted by molar-refractivity contribution is 8.00. The highest BCUT2D eigenvalue weighted by atomic mass is 32.2. The average molecular weight is 722 g/mol. The molecule has 50 heavy (non-hydrogen) atoms. The van der Waals surface area contributed by atoms with Gasteiger partial charge in [0, 0.05) is 17.6 Å². The number of carboxylic acids is 2. The van der Waals surface area contributed by atoms with Crippen LogP contribution in [0, 0.1) is 5.92 Å². The van der Waals surface area contributed by atoms with E-state index in [-0.39, 0.29) is 41.2 Å². The van der Waals surface area contributed by atoms with E-state index in [1.54, 1.807) is 0 Å². The van der Waals surface area contributed by atoms with Crippen LogP contribution in [0.1, 0.15) is 31.5 Å². The summed E-state index contributed by atoms with van der Waals surface area (Å²) in [7, 11) is 0. The Morgan fingerprint density at radius 2 is 1.88 bits per heavy atom. The third-order valence-electron chi connectivity index (χ3n) is 8.16. The molecule has 4 aromatic rings. The molecule has 1 saturated heterocycles. The molecule has 3 aromatic heterocycles. The number of imidazole rings is 1. The lowest BCUT2D eigenvalue weighted by molar-refractivity contribution is -0.661. The molecule has 5 heterocycles. The molecule has 17 nitrogen and oxygen atoms in total. The van der Waals surface area contributed by atoms with Crippen LogP contribution in [0.4, 0.5) is 10.8 Å². The van der Waals surface area contributed by atoms with Crippen LogP contribution in [0.25, 0.3) is 5.65 Å². The van der Waals surface area contributed by atoms with Gasteiger partial charge in [0.05, 0.1) is 35.8 Å². The summed E-state index contributed by atoms with van der Waals surface area (Å²) in [5.74, 6) is -4.24. The second-order valence-electron chi connectivity index (χ2n) is 12.1. The molecule has 0 radical (unpaired) electrons. The third kappa shape index (κ3) is 6.64. The fraction of sp³-hybridized carbons (Fsp3) is 0.290. The van der Waals surface area contributed by atoms with Crippen molar-refractivity contribution < 1.29 is 38.8 Å². The first-order valence-electron chi connectivity index (χ1n) is 15.1. The zero-order valence-electron chi connectivity index (χ0n) is 26.8. The molecule has 1 fully saturated rings. The van der Waals surface area contributed by atoms with Crippen LogP contribution in [0.3, 0.4) is 0 Å².